The highest BCUT2D eigenvalue weighted by Crippen LogP contribution is 2.32. The van der Waals surface area contributed by atoms with Gasteiger partial charge in [0.15, 0.2) is 0 Å². The predicted octanol–water partition coefficient (Wildman–Crippen LogP) is 5.17. The lowest BCUT2D eigenvalue weighted by Crippen LogP contribution is -2.03. The second-order valence-corrected chi connectivity index (χ2v) is 6.11. The summed E-state index contributed by atoms with van der Waals surface area (Å²) in [6, 6.07) is 11.6. The van der Waals surface area contributed by atoms with Crippen LogP contribution in [0.25, 0.3) is 22.4 Å². The largest absolute Gasteiger partial charge is 0.398 e. The fraction of sp³-hybridized carbons (Fsp3) is 0.188. The predicted molar refractivity (Wildman–Crippen MR) is 90.0 cm³/mol. The summed E-state index contributed by atoms with van der Waals surface area (Å²) in [6.07, 6.45) is 0. The molecule has 0 aliphatic heterocycles. The second kappa shape index (κ2) is 5.24. The van der Waals surface area contributed by atoms with Gasteiger partial charge in [-0.05, 0) is 50.2 Å². The Hall–Kier alpha value is -1.71. The van der Waals surface area contributed by atoms with Crippen molar-refractivity contribution in [3.63, 3.8) is 0 Å². The van der Waals surface area contributed by atoms with E-state index >= 15 is 0 Å². The van der Waals surface area contributed by atoms with E-state index in [-0.39, 0.29) is 6.04 Å². The number of nitrogens with zero attached hydrogens (tertiary/aromatic N) is 2. The van der Waals surface area contributed by atoms with Crippen molar-refractivity contribution < 1.29 is 0 Å². The van der Waals surface area contributed by atoms with Gasteiger partial charge < -0.3 is 10.3 Å². The van der Waals surface area contributed by atoms with E-state index in [1.165, 1.54) is 0 Å². The second-order valence-electron chi connectivity index (χ2n) is 5.27. The Labute approximate surface area is 133 Å². The molecule has 1 aromatic heterocycles. The molecule has 0 radical (unpaired) electrons. The highest BCUT2D eigenvalue weighted by atomic mass is 35.5. The van der Waals surface area contributed by atoms with Gasteiger partial charge in [0.2, 0.25) is 0 Å². The molecular formula is C16H15Cl2N3. The van der Waals surface area contributed by atoms with E-state index < -0.39 is 0 Å². The molecule has 3 rings (SSSR count). The monoisotopic (exact) mass is 319 g/mol. The molecule has 1 heterocycles. The number of halogens is 2. The van der Waals surface area contributed by atoms with Crippen LogP contribution in [0.5, 0.6) is 0 Å². The van der Waals surface area contributed by atoms with Crippen LogP contribution < -0.4 is 5.73 Å². The van der Waals surface area contributed by atoms with Crippen LogP contribution in [0.15, 0.2) is 36.4 Å². The van der Waals surface area contributed by atoms with Crippen LogP contribution in [0.1, 0.15) is 19.9 Å². The minimum atomic E-state index is 0.266. The first-order valence-electron chi connectivity index (χ1n) is 6.70. The van der Waals surface area contributed by atoms with E-state index in [9.17, 15) is 0 Å². The molecule has 0 bridgehead atoms. The molecule has 2 N–H and O–H groups in total. The van der Waals surface area contributed by atoms with Crippen LogP contribution >= 0.6 is 23.2 Å². The topological polar surface area (TPSA) is 43.8 Å². The SMILES string of the molecule is CC(C)n1c(-c2ccc(N)c(Cl)c2)nc2cc(Cl)ccc21. The zero-order chi connectivity index (χ0) is 15.1. The Morgan fingerprint density at radius 3 is 2.52 bits per heavy atom. The third kappa shape index (κ3) is 2.47. The van der Waals surface area contributed by atoms with Crippen molar-refractivity contribution in [1.29, 1.82) is 0 Å². The van der Waals surface area contributed by atoms with Crippen molar-refractivity contribution in [2.75, 3.05) is 5.73 Å². The van der Waals surface area contributed by atoms with Crippen molar-refractivity contribution in [2.24, 2.45) is 0 Å². The van der Waals surface area contributed by atoms with Crippen LogP contribution in [0.3, 0.4) is 0 Å². The van der Waals surface area contributed by atoms with Crippen LogP contribution in [-0.4, -0.2) is 9.55 Å². The standard InChI is InChI=1S/C16H15Cl2N3/c1-9(2)21-15-6-4-11(17)8-14(15)20-16(21)10-3-5-13(19)12(18)7-10/h3-9H,19H2,1-2H3. The van der Waals surface area contributed by atoms with Crippen LogP contribution in [-0.2, 0) is 0 Å². The number of fused-ring (bicyclic) bond motifs is 1. The van der Waals surface area contributed by atoms with E-state index in [2.05, 4.69) is 18.4 Å². The molecule has 0 atom stereocenters. The zero-order valence-electron chi connectivity index (χ0n) is 11.8. The highest BCUT2D eigenvalue weighted by Gasteiger charge is 2.15. The number of benzene rings is 2. The van der Waals surface area contributed by atoms with E-state index in [1.807, 2.05) is 30.3 Å². The van der Waals surface area contributed by atoms with Gasteiger partial charge in [0.1, 0.15) is 5.82 Å². The van der Waals surface area contributed by atoms with Gasteiger partial charge in [0, 0.05) is 16.6 Å². The summed E-state index contributed by atoms with van der Waals surface area (Å²) in [5.41, 5.74) is 9.22. The summed E-state index contributed by atoms with van der Waals surface area (Å²) in [6.45, 7) is 4.25. The summed E-state index contributed by atoms with van der Waals surface area (Å²) in [4.78, 5) is 4.71. The fourth-order valence-electron chi connectivity index (χ4n) is 2.46. The third-order valence-corrected chi connectivity index (χ3v) is 3.99. The Kier molecular flexibility index (Phi) is 3.56. The zero-order valence-corrected chi connectivity index (χ0v) is 13.3. The number of imidazole rings is 1. The molecule has 0 aliphatic carbocycles. The number of nitrogens with two attached hydrogens (primary N) is 1. The molecule has 0 amide bonds. The first kappa shape index (κ1) is 14.2. The minimum absolute atomic E-state index is 0.266. The molecule has 0 saturated heterocycles. The van der Waals surface area contributed by atoms with E-state index in [0.29, 0.717) is 15.7 Å². The first-order chi connectivity index (χ1) is 9.97. The van der Waals surface area contributed by atoms with Gasteiger partial charge in [-0.3, -0.25) is 0 Å². The Morgan fingerprint density at radius 1 is 1.10 bits per heavy atom. The summed E-state index contributed by atoms with van der Waals surface area (Å²) in [5, 5.41) is 1.21. The molecule has 5 heteroatoms. The van der Waals surface area contributed by atoms with Gasteiger partial charge >= 0.3 is 0 Å². The molecular weight excluding hydrogens is 305 g/mol. The quantitative estimate of drug-likeness (QED) is 0.662. The lowest BCUT2D eigenvalue weighted by Gasteiger charge is -2.13. The lowest BCUT2D eigenvalue weighted by atomic mass is 10.2. The summed E-state index contributed by atoms with van der Waals surface area (Å²) in [7, 11) is 0. The number of rotatable bonds is 2. The Balaban J connectivity index is 2.30. The van der Waals surface area contributed by atoms with Crippen molar-refractivity contribution >= 4 is 39.9 Å². The van der Waals surface area contributed by atoms with Crippen LogP contribution in [0, 0.1) is 0 Å². The van der Waals surface area contributed by atoms with Crippen molar-refractivity contribution in [3.8, 4) is 11.4 Å². The normalized spacial score (nSPS) is 11.5. The average molecular weight is 320 g/mol. The molecule has 0 fully saturated rings. The number of anilines is 1. The number of aromatic nitrogens is 2. The van der Waals surface area contributed by atoms with Crippen molar-refractivity contribution in [2.45, 2.75) is 19.9 Å². The maximum atomic E-state index is 6.14. The molecule has 3 aromatic rings. The Bertz CT molecular complexity index is 822. The summed E-state index contributed by atoms with van der Waals surface area (Å²) < 4.78 is 2.17. The first-order valence-corrected chi connectivity index (χ1v) is 7.46. The number of nitrogen functional groups attached to an aromatic ring is 1. The lowest BCUT2D eigenvalue weighted by molar-refractivity contribution is 0.624. The fourth-order valence-corrected chi connectivity index (χ4v) is 2.81. The summed E-state index contributed by atoms with van der Waals surface area (Å²) >= 11 is 12.2. The van der Waals surface area contributed by atoms with Crippen molar-refractivity contribution in [1.82, 2.24) is 9.55 Å². The number of hydrogen-bond donors (Lipinski definition) is 1. The molecule has 3 nitrogen and oxygen atoms in total. The van der Waals surface area contributed by atoms with Crippen molar-refractivity contribution in [3.05, 3.63) is 46.4 Å². The average Bonchev–Trinajstić information content (AvgIpc) is 2.80. The minimum Gasteiger partial charge on any atom is -0.398 e. The van der Waals surface area contributed by atoms with Gasteiger partial charge in [-0.15, -0.1) is 0 Å². The highest BCUT2D eigenvalue weighted by molar-refractivity contribution is 6.33. The molecule has 2 aromatic carbocycles. The maximum absolute atomic E-state index is 6.14. The van der Waals surface area contributed by atoms with Gasteiger partial charge in [-0.2, -0.15) is 0 Å². The van der Waals surface area contributed by atoms with E-state index in [1.54, 1.807) is 6.07 Å². The van der Waals surface area contributed by atoms with Gasteiger partial charge in [-0.1, -0.05) is 23.2 Å². The molecule has 0 unspecified atom stereocenters. The van der Waals surface area contributed by atoms with Gasteiger partial charge in [0.25, 0.3) is 0 Å². The van der Waals surface area contributed by atoms with Crippen LogP contribution in [0.2, 0.25) is 10.0 Å². The number of hydrogen-bond acceptors (Lipinski definition) is 2. The van der Waals surface area contributed by atoms with Crippen LogP contribution in [0.4, 0.5) is 5.69 Å². The molecule has 0 aliphatic rings. The van der Waals surface area contributed by atoms with E-state index in [4.69, 9.17) is 33.9 Å². The Morgan fingerprint density at radius 2 is 1.86 bits per heavy atom. The molecule has 108 valence electrons. The summed E-state index contributed by atoms with van der Waals surface area (Å²) in [5.74, 6) is 0.865. The molecule has 0 spiro atoms. The van der Waals surface area contributed by atoms with E-state index in [0.717, 1.165) is 22.4 Å². The maximum Gasteiger partial charge on any atom is 0.141 e. The molecule has 21 heavy (non-hydrogen) atoms. The molecule has 0 saturated carbocycles. The smallest absolute Gasteiger partial charge is 0.141 e. The third-order valence-electron chi connectivity index (χ3n) is 3.43. The van der Waals surface area contributed by atoms with Gasteiger partial charge in [-0.25, -0.2) is 4.98 Å². The van der Waals surface area contributed by atoms with Gasteiger partial charge in [0.05, 0.1) is 21.7 Å².